The Kier molecular flexibility index (Phi) is 3.99. The van der Waals surface area contributed by atoms with Crippen LogP contribution in [0, 0.1) is 5.92 Å². The van der Waals surface area contributed by atoms with Crippen LogP contribution in [0.3, 0.4) is 0 Å². The number of thiazole rings is 1. The van der Waals surface area contributed by atoms with Crippen LogP contribution in [0.15, 0.2) is 29.9 Å². The number of H-pyrrole nitrogens is 1. The van der Waals surface area contributed by atoms with Crippen molar-refractivity contribution in [2.75, 3.05) is 12.4 Å². The summed E-state index contributed by atoms with van der Waals surface area (Å²) in [5, 5.41) is 4.06. The highest BCUT2D eigenvalue weighted by atomic mass is 35.5. The second kappa shape index (κ2) is 6.42. The van der Waals surface area contributed by atoms with Gasteiger partial charge in [-0.2, -0.15) is 0 Å². The van der Waals surface area contributed by atoms with Crippen LogP contribution in [-0.2, 0) is 4.79 Å². The Balaban J connectivity index is 1.58. The summed E-state index contributed by atoms with van der Waals surface area (Å²) in [6, 6.07) is 5.39. The molecule has 2 atom stereocenters. The van der Waals surface area contributed by atoms with E-state index in [4.69, 9.17) is 16.3 Å². The van der Waals surface area contributed by atoms with Crippen molar-refractivity contribution in [2.45, 2.75) is 12.6 Å². The van der Waals surface area contributed by atoms with Crippen LogP contribution >= 0.6 is 22.9 Å². The molecule has 1 amide bonds. The van der Waals surface area contributed by atoms with E-state index in [0.29, 0.717) is 22.2 Å². The van der Waals surface area contributed by atoms with Gasteiger partial charge < -0.3 is 15.0 Å². The normalized spacial score (nSPS) is 18.5. The molecule has 0 aliphatic heterocycles. The zero-order valence-corrected chi connectivity index (χ0v) is 16.2. The Morgan fingerprint density at radius 3 is 3.04 bits per heavy atom. The third-order valence-electron chi connectivity index (χ3n) is 4.86. The SMILES string of the molecule is COc1cc2ncsc2c(Cl)c1-c1c[nH]c2nc(NC(=O)[C@@H]3C[C@@H]3F)ccc12. The number of hydrogen-bond donors (Lipinski definition) is 2. The minimum atomic E-state index is -1.04. The van der Waals surface area contributed by atoms with Gasteiger partial charge in [0.2, 0.25) is 5.91 Å². The van der Waals surface area contributed by atoms with Gasteiger partial charge in [0.05, 0.1) is 33.8 Å². The molecule has 142 valence electrons. The van der Waals surface area contributed by atoms with Gasteiger partial charge in [-0.1, -0.05) is 11.6 Å². The summed E-state index contributed by atoms with van der Waals surface area (Å²) >= 11 is 8.14. The number of nitrogens with one attached hydrogen (secondary N) is 2. The first-order chi connectivity index (χ1) is 13.6. The van der Waals surface area contributed by atoms with E-state index >= 15 is 0 Å². The van der Waals surface area contributed by atoms with Gasteiger partial charge in [0.1, 0.15) is 23.4 Å². The number of benzene rings is 1. The summed E-state index contributed by atoms with van der Waals surface area (Å²) in [5.74, 6) is 0.0859. The summed E-state index contributed by atoms with van der Waals surface area (Å²) in [5.41, 5.74) is 4.70. The monoisotopic (exact) mass is 416 g/mol. The first kappa shape index (κ1) is 17.4. The molecular formula is C19H14ClFN4O2S. The molecule has 28 heavy (non-hydrogen) atoms. The van der Waals surface area contributed by atoms with E-state index < -0.39 is 12.1 Å². The number of aromatic nitrogens is 3. The molecule has 0 saturated heterocycles. The lowest BCUT2D eigenvalue weighted by Gasteiger charge is -2.11. The summed E-state index contributed by atoms with van der Waals surface area (Å²) in [6.07, 6.45) is 1.04. The lowest BCUT2D eigenvalue weighted by Crippen LogP contribution is -2.15. The fourth-order valence-electron chi connectivity index (χ4n) is 3.29. The number of aromatic amines is 1. The Hall–Kier alpha value is -2.71. The second-order valence-corrected chi connectivity index (χ2v) is 7.84. The van der Waals surface area contributed by atoms with E-state index in [2.05, 4.69) is 20.3 Å². The topological polar surface area (TPSA) is 79.9 Å². The van der Waals surface area contributed by atoms with E-state index in [1.54, 1.807) is 24.9 Å². The smallest absolute Gasteiger partial charge is 0.231 e. The minimum Gasteiger partial charge on any atom is -0.496 e. The van der Waals surface area contributed by atoms with Gasteiger partial charge in [0, 0.05) is 28.8 Å². The van der Waals surface area contributed by atoms with E-state index in [0.717, 1.165) is 26.7 Å². The largest absolute Gasteiger partial charge is 0.496 e. The van der Waals surface area contributed by atoms with Crippen molar-refractivity contribution in [3.8, 4) is 16.9 Å². The van der Waals surface area contributed by atoms with Gasteiger partial charge in [-0.25, -0.2) is 14.4 Å². The third-order valence-corrected chi connectivity index (χ3v) is 6.21. The van der Waals surface area contributed by atoms with Crippen LogP contribution in [-0.4, -0.2) is 34.1 Å². The molecular weight excluding hydrogens is 403 g/mol. The number of ether oxygens (including phenoxy) is 1. The first-order valence-corrected chi connectivity index (χ1v) is 9.85. The highest BCUT2D eigenvalue weighted by Gasteiger charge is 2.43. The number of rotatable bonds is 4. The zero-order chi connectivity index (χ0) is 19.4. The molecule has 4 aromatic rings. The van der Waals surface area contributed by atoms with Gasteiger partial charge in [0.25, 0.3) is 0 Å². The maximum atomic E-state index is 13.1. The van der Waals surface area contributed by atoms with Gasteiger partial charge in [0.15, 0.2) is 0 Å². The van der Waals surface area contributed by atoms with Crippen molar-refractivity contribution in [3.05, 3.63) is 34.9 Å². The van der Waals surface area contributed by atoms with Gasteiger partial charge in [-0.05, 0) is 18.6 Å². The summed E-state index contributed by atoms with van der Waals surface area (Å²) in [6.45, 7) is 0. The van der Waals surface area contributed by atoms with Crippen molar-refractivity contribution in [1.82, 2.24) is 15.0 Å². The molecule has 2 N–H and O–H groups in total. The first-order valence-electron chi connectivity index (χ1n) is 8.60. The molecule has 3 heterocycles. The van der Waals surface area contributed by atoms with E-state index in [9.17, 15) is 9.18 Å². The number of pyridine rings is 1. The summed E-state index contributed by atoms with van der Waals surface area (Å²) in [7, 11) is 1.59. The maximum absolute atomic E-state index is 13.1. The van der Waals surface area contributed by atoms with Crippen molar-refractivity contribution < 1.29 is 13.9 Å². The van der Waals surface area contributed by atoms with E-state index in [1.165, 1.54) is 11.3 Å². The van der Waals surface area contributed by atoms with Crippen molar-refractivity contribution >= 4 is 55.9 Å². The average Bonchev–Trinajstić information content (AvgIpc) is 3.07. The standard InChI is InChI=1S/C19H14ClFN4O2S/c1-27-13-5-12-17(28-7-23-12)16(20)15(13)10-6-22-18-8(10)2-3-14(24-18)25-19(26)9-4-11(9)21/h2-3,5-7,9,11H,4H2,1H3,(H2,22,24,25,26)/t9-,11+/m1/s1. The highest BCUT2D eigenvalue weighted by molar-refractivity contribution is 7.17. The van der Waals surface area contributed by atoms with Crippen molar-refractivity contribution in [1.29, 1.82) is 0 Å². The van der Waals surface area contributed by atoms with E-state index in [1.807, 2.05) is 12.1 Å². The van der Waals surface area contributed by atoms with Gasteiger partial charge >= 0.3 is 0 Å². The quantitative estimate of drug-likeness (QED) is 0.501. The molecule has 9 heteroatoms. The molecule has 1 aliphatic rings. The number of methoxy groups -OCH3 is 1. The predicted molar refractivity (Wildman–Crippen MR) is 108 cm³/mol. The molecule has 0 bridgehead atoms. The van der Waals surface area contributed by atoms with Crippen LogP contribution in [0.1, 0.15) is 6.42 Å². The second-order valence-electron chi connectivity index (χ2n) is 6.61. The number of alkyl halides is 1. The molecule has 0 radical (unpaired) electrons. The Bertz CT molecular complexity index is 1240. The summed E-state index contributed by atoms with van der Waals surface area (Å²) < 4.78 is 19.5. The predicted octanol–water partition coefficient (Wildman–Crippen LogP) is 4.80. The number of amides is 1. The number of nitrogens with zero attached hydrogens (tertiary/aromatic N) is 2. The number of anilines is 1. The fraction of sp³-hybridized carbons (Fsp3) is 0.211. The molecule has 0 spiro atoms. The fourth-order valence-corrected chi connectivity index (χ4v) is 4.42. The molecule has 1 aromatic carbocycles. The van der Waals surface area contributed by atoms with Crippen molar-refractivity contribution in [2.24, 2.45) is 5.92 Å². The van der Waals surface area contributed by atoms with Crippen LogP contribution in [0.4, 0.5) is 10.2 Å². The summed E-state index contributed by atoms with van der Waals surface area (Å²) in [4.78, 5) is 23.8. The number of halogens is 2. The lowest BCUT2D eigenvalue weighted by atomic mass is 10.0. The Morgan fingerprint density at radius 2 is 2.29 bits per heavy atom. The molecule has 0 unspecified atom stereocenters. The number of hydrogen-bond acceptors (Lipinski definition) is 5. The maximum Gasteiger partial charge on any atom is 0.231 e. The zero-order valence-electron chi connectivity index (χ0n) is 14.6. The molecule has 1 saturated carbocycles. The Morgan fingerprint density at radius 1 is 1.46 bits per heavy atom. The van der Waals surface area contributed by atoms with Gasteiger partial charge in [-0.3, -0.25) is 4.79 Å². The minimum absolute atomic E-state index is 0.277. The molecule has 1 aliphatic carbocycles. The van der Waals surface area contributed by atoms with E-state index in [-0.39, 0.29) is 12.3 Å². The van der Waals surface area contributed by atoms with Crippen molar-refractivity contribution in [3.63, 3.8) is 0 Å². The molecule has 1 fully saturated rings. The third kappa shape index (κ3) is 2.71. The van der Waals surface area contributed by atoms with Gasteiger partial charge in [-0.15, -0.1) is 11.3 Å². The van der Waals surface area contributed by atoms with Crippen LogP contribution in [0.25, 0.3) is 32.4 Å². The number of fused-ring (bicyclic) bond motifs is 2. The Labute approximate surface area is 167 Å². The van der Waals surface area contributed by atoms with Crippen LogP contribution in [0.2, 0.25) is 5.02 Å². The number of carbonyl (C=O) groups excluding carboxylic acids is 1. The number of carbonyl (C=O) groups is 1. The lowest BCUT2D eigenvalue weighted by molar-refractivity contribution is -0.117. The van der Waals surface area contributed by atoms with Crippen LogP contribution in [0.5, 0.6) is 5.75 Å². The van der Waals surface area contributed by atoms with Crippen LogP contribution < -0.4 is 10.1 Å². The average molecular weight is 417 g/mol. The molecule has 5 rings (SSSR count). The molecule has 6 nitrogen and oxygen atoms in total. The highest BCUT2D eigenvalue weighted by Crippen LogP contribution is 2.45. The molecule has 3 aromatic heterocycles.